The first kappa shape index (κ1) is 17.1. The van der Waals surface area contributed by atoms with Crippen molar-refractivity contribution in [1.29, 1.82) is 0 Å². The summed E-state index contributed by atoms with van der Waals surface area (Å²) in [6, 6.07) is 0. The van der Waals surface area contributed by atoms with Gasteiger partial charge in [-0.05, 0) is 12.8 Å². The molecule has 0 aliphatic rings. The first-order chi connectivity index (χ1) is 8.79. The van der Waals surface area contributed by atoms with Crippen LogP contribution in [-0.2, 0) is 18.9 Å². The van der Waals surface area contributed by atoms with E-state index in [1.807, 2.05) is 0 Å². The monoisotopic (exact) mass is 260 g/mol. The van der Waals surface area contributed by atoms with Gasteiger partial charge in [-0.2, -0.15) is 0 Å². The van der Waals surface area contributed by atoms with Crippen LogP contribution in [0.2, 0.25) is 0 Å². The van der Waals surface area contributed by atoms with E-state index < -0.39 is 0 Å². The molecule has 0 amide bonds. The third-order valence-electron chi connectivity index (χ3n) is 2.55. The van der Waals surface area contributed by atoms with Gasteiger partial charge in [0.15, 0.2) is 12.6 Å². The molecule has 0 rings (SSSR count). The van der Waals surface area contributed by atoms with E-state index in [9.17, 15) is 0 Å². The Morgan fingerprint density at radius 2 is 1.67 bits per heavy atom. The van der Waals surface area contributed by atoms with Gasteiger partial charge in [0.2, 0.25) is 0 Å². The molecule has 18 heavy (non-hydrogen) atoms. The average molecular weight is 260 g/mol. The Kier molecular flexibility index (Phi) is 11.9. The molecule has 0 aromatic rings. The van der Waals surface area contributed by atoms with Gasteiger partial charge in [0.1, 0.15) is 0 Å². The van der Waals surface area contributed by atoms with E-state index in [2.05, 4.69) is 13.8 Å². The molecular weight excluding hydrogens is 232 g/mol. The van der Waals surface area contributed by atoms with Crippen LogP contribution in [0.5, 0.6) is 0 Å². The zero-order chi connectivity index (χ0) is 13.6. The summed E-state index contributed by atoms with van der Waals surface area (Å²) in [6.45, 7) is 5.22. The third kappa shape index (κ3) is 8.23. The van der Waals surface area contributed by atoms with Crippen LogP contribution in [0, 0.1) is 0 Å². The highest BCUT2D eigenvalue weighted by Gasteiger charge is 2.08. The van der Waals surface area contributed by atoms with E-state index in [0.29, 0.717) is 5.95 Å². The van der Waals surface area contributed by atoms with E-state index in [0.717, 1.165) is 31.6 Å². The minimum absolute atomic E-state index is 0.214. The van der Waals surface area contributed by atoms with E-state index in [-0.39, 0.29) is 6.79 Å². The highest BCUT2D eigenvalue weighted by Crippen LogP contribution is 2.14. The Balaban J connectivity index is 3.79. The van der Waals surface area contributed by atoms with Gasteiger partial charge in [0, 0.05) is 6.42 Å². The normalized spacial score (nSPS) is 12.0. The summed E-state index contributed by atoms with van der Waals surface area (Å²) in [7, 11) is 3.20. The van der Waals surface area contributed by atoms with Gasteiger partial charge < -0.3 is 18.9 Å². The van der Waals surface area contributed by atoms with Crippen molar-refractivity contribution in [3.63, 3.8) is 0 Å². The Morgan fingerprint density at radius 3 is 2.22 bits per heavy atom. The fourth-order valence-electron chi connectivity index (χ4n) is 1.55. The summed E-state index contributed by atoms with van der Waals surface area (Å²) in [4.78, 5) is 0. The van der Waals surface area contributed by atoms with Gasteiger partial charge in [-0.1, -0.05) is 33.1 Å². The Labute approximate surface area is 111 Å². The summed E-state index contributed by atoms with van der Waals surface area (Å²) in [5, 5.41) is 0. The molecule has 0 saturated heterocycles. The molecule has 0 spiro atoms. The van der Waals surface area contributed by atoms with Crippen molar-refractivity contribution in [2.75, 3.05) is 27.6 Å². The second-order valence-corrected chi connectivity index (χ2v) is 4.10. The van der Waals surface area contributed by atoms with Crippen LogP contribution in [0.15, 0.2) is 11.7 Å². The van der Waals surface area contributed by atoms with Crippen molar-refractivity contribution in [2.45, 2.75) is 52.4 Å². The molecule has 4 heteroatoms. The van der Waals surface area contributed by atoms with Crippen molar-refractivity contribution in [3.05, 3.63) is 11.7 Å². The van der Waals surface area contributed by atoms with Crippen LogP contribution < -0.4 is 0 Å². The number of hydrogen-bond donors (Lipinski definition) is 0. The zero-order valence-corrected chi connectivity index (χ0v) is 12.3. The molecule has 0 aromatic heterocycles. The minimum atomic E-state index is 0.214. The molecule has 0 N–H and O–H groups in total. The summed E-state index contributed by atoms with van der Waals surface area (Å²) < 4.78 is 21.2. The molecule has 0 radical (unpaired) electrons. The SMILES string of the molecule is CCCCCCOCO/C(OC)=C(/CCC)OC. The van der Waals surface area contributed by atoms with Gasteiger partial charge in [0.25, 0.3) is 0 Å². The van der Waals surface area contributed by atoms with Crippen LogP contribution in [0.4, 0.5) is 0 Å². The number of ether oxygens (including phenoxy) is 4. The average Bonchev–Trinajstić information content (AvgIpc) is 2.40. The topological polar surface area (TPSA) is 36.9 Å². The number of hydrogen-bond acceptors (Lipinski definition) is 4. The number of unbranched alkanes of at least 4 members (excludes halogenated alkanes) is 3. The maximum absolute atomic E-state index is 5.41. The number of methoxy groups -OCH3 is 2. The number of allylic oxidation sites excluding steroid dienone is 1. The first-order valence-corrected chi connectivity index (χ1v) is 6.81. The molecule has 0 aliphatic carbocycles. The molecule has 0 saturated carbocycles. The smallest absolute Gasteiger partial charge is 0.320 e. The van der Waals surface area contributed by atoms with E-state index in [4.69, 9.17) is 18.9 Å². The highest BCUT2D eigenvalue weighted by atomic mass is 16.7. The van der Waals surface area contributed by atoms with Gasteiger partial charge >= 0.3 is 5.95 Å². The van der Waals surface area contributed by atoms with E-state index in [1.54, 1.807) is 14.2 Å². The Bertz CT molecular complexity index is 214. The Morgan fingerprint density at radius 1 is 0.889 bits per heavy atom. The summed E-state index contributed by atoms with van der Waals surface area (Å²) in [6.07, 6.45) is 6.57. The lowest BCUT2D eigenvalue weighted by Gasteiger charge is -2.13. The Hall–Kier alpha value is -0.900. The molecule has 0 atom stereocenters. The van der Waals surface area contributed by atoms with E-state index >= 15 is 0 Å². The molecule has 0 fully saturated rings. The maximum atomic E-state index is 5.41. The first-order valence-electron chi connectivity index (χ1n) is 6.81. The molecule has 108 valence electrons. The standard InChI is InChI=1S/C14H28O4/c1-5-7-8-9-11-17-12-18-14(16-4)13(15-3)10-6-2/h5-12H2,1-4H3/b14-13-. The van der Waals surface area contributed by atoms with Gasteiger partial charge in [-0.3, -0.25) is 0 Å². The molecular formula is C14H28O4. The highest BCUT2D eigenvalue weighted by molar-refractivity contribution is 4.94. The van der Waals surface area contributed by atoms with Crippen LogP contribution in [0.3, 0.4) is 0 Å². The predicted molar refractivity (Wildman–Crippen MR) is 72.0 cm³/mol. The maximum Gasteiger partial charge on any atom is 0.320 e. The lowest BCUT2D eigenvalue weighted by atomic mass is 10.2. The lowest BCUT2D eigenvalue weighted by molar-refractivity contribution is -0.0746. The van der Waals surface area contributed by atoms with Crippen LogP contribution in [0.1, 0.15) is 52.4 Å². The fourth-order valence-corrected chi connectivity index (χ4v) is 1.55. The second kappa shape index (κ2) is 12.6. The molecule has 0 bridgehead atoms. The second-order valence-electron chi connectivity index (χ2n) is 4.10. The molecule has 0 aliphatic heterocycles. The van der Waals surface area contributed by atoms with Crippen molar-refractivity contribution in [2.24, 2.45) is 0 Å². The van der Waals surface area contributed by atoms with Crippen LogP contribution in [0.25, 0.3) is 0 Å². The van der Waals surface area contributed by atoms with Gasteiger partial charge in [0.05, 0.1) is 20.8 Å². The summed E-state index contributed by atoms with van der Waals surface area (Å²) in [5.41, 5.74) is 0. The largest absolute Gasteiger partial charge is 0.494 e. The summed E-state index contributed by atoms with van der Waals surface area (Å²) in [5.74, 6) is 1.16. The van der Waals surface area contributed by atoms with Crippen molar-refractivity contribution in [1.82, 2.24) is 0 Å². The molecule has 4 nitrogen and oxygen atoms in total. The van der Waals surface area contributed by atoms with Gasteiger partial charge in [-0.25, -0.2) is 0 Å². The fraction of sp³-hybridized carbons (Fsp3) is 0.857. The van der Waals surface area contributed by atoms with Crippen molar-refractivity contribution >= 4 is 0 Å². The van der Waals surface area contributed by atoms with Crippen LogP contribution >= 0.6 is 0 Å². The van der Waals surface area contributed by atoms with Gasteiger partial charge in [-0.15, -0.1) is 0 Å². The predicted octanol–water partition coefficient (Wildman–Crippen LogP) is 3.82. The zero-order valence-electron chi connectivity index (χ0n) is 12.3. The van der Waals surface area contributed by atoms with Crippen molar-refractivity contribution in [3.8, 4) is 0 Å². The van der Waals surface area contributed by atoms with E-state index in [1.165, 1.54) is 19.3 Å². The molecule has 0 aromatic carbocycles. The third-order valence-corrected chi connectivity index (χ3v) is 2.55. The minimum Gasteiger partial charge on any atom is -0.494 e. The lowest BCUT2D eigenvalue weighted by Crippen LogP contribution is -2.06. The molecule has 0 unspecified atom stereocenters. The van der Waals surface area contributed by atoms with Crippen LogP contribution in [-0.4, -0.2) is 27.6 Å². The summed E-state index contributed by atoms with van der Waals surface area (Å²) >= 11 is 0. The van der Waals surface area contributed by atoms with Crippen molar-refractivity contribution < 1.29 is 18.9 Å². The molecule has 0 heterocycles. The quantitative estimate of drug-likeness (QED) is 0.304. The number of rotatable bonds is 12.